The van der Waals surface area contributed by atoms with Gasteiger partial charge in [0.15, 0.2) is 16.1 Å². The maximum atomic E-state index is 11.6. The summed E-state index contributed by atoms with van der Waals surface area (Å²) in [5.74, 6) is -0.751. The minimum Gasteiger partial charge on any atom is -0.482 e. The molecule has 0 aromatic rings. The lowest BCUT2D eigenvalue weighted by molar-refractivity contribution is -0.141. The molecule has 2 aliphatic heterocycles. The average molecular weight is 212 g/mol. The molecule has 0 fully saturated rings. The highest BCUT2D eigenvalue weighted by molar-refractivity contribution is 8.05. The van der Waals surface area contributed by atoms with Crippen LogP contribution in [0.2, 0.25) is 0 Å². The number of allylic oxidation sites excluding steroid dienone is 2. The molecule has 0 N–H and O–H groups in total. The van der Waals surface area contributed by atoms with E-state index in [-0.39, 0.29) is 5.78 Å². The second-order valence-corrected chi connectivity index (χ2v) is 3.88. The lowest BCUT2D eigenvalue weighted by atomic mass is 10.1. The summed E-state index contributed by atoms with van der Waals surface area (Å²) in [7, 11) is 1.27. The Kier molecular flexibility index (Phi) is 2.33. The molecular formula is C9H8O4S. The molecule has 2 heterocycles. The number of esters is 1. The largest absolute Gasteiger partial charge is 0.482 e. The maximum Gasteiger partial charge on any atom is 0.327 e. The predicted molar refractivity (Wildman–Crippen MR) is 50.5 cm³/mol. The summed E-state index contributed by atoms with van der Waals surface area (Å²) in [5.41, 5.74) is 0.483. The lowest BCUT2D eigenvalue weighted by Gasteiger charge is -2.07. The fourth-order valence-electron chi connectivity index (χ4n) is 1.28. The smallest absolute Gasteiger partial charge is 0.327 e. The summed E-state index contributed by atoms with van der Waals surface area (Å²) in [6.45, 7) is 0.451. The van der Waals surface area contributed by atoms with E-state index in [2.05, 4.69) is 4.74 Å². The first kappa shape index (κ1) is 9.33. The number of ketones is 1. The third kappa shape index (κ3) is 1.33. The van der Waals surface area contributed by atoms with Gasteiger partial charge in [-0.25, -0.2) is 0 Å². The Morgan fingerprint density at radius 2 is 2.50 bits per heavy atom. The van der Waals surface area contributed by atoms with Crippen LogP contribution in [0.5, 0.6) is 0 Å². The highest BCUT2D eigenvalue weighted by Crippen LogP contribution is 2.38. The van der Waals surface area contributed by atoms with Crippen molar-refractivity contribution in [3.05, 3.63) is 22.8 Å². The van der Waals surface area contributed by atoms with E-state index in [1.165, 1.54) is 7.11 Å². The van der Waals surface area contributed by atoms with Gasteiger partial charge in [-0.05, 0) is 12.2 Å². The third-order valence-electron chi connectivity index (χ3n) is 1.96. The summed E-state index contributed by atoms with van der Waals surface area (Å²) in [6, 6.07) is 0. The topological polar surface area (TPSA) is 52.6 Å². The number of carbonyl (C=O) groups excluding carboxylic acids is 2. The number of Topliss-reactive ketones (excluding diaryl/α,β-unsaturated/α-hetero) is 1. The molecule has 1 atom stereocenters. The van der Waals surface area contributed by atoms with Crippen molar-refractivity contribution in [3.8, 4) is 0 Å². The minimum absolute atomic E-state index is 0.229. The van der Waals surface area contributed by atoms with Gasteiger partial charge in [0.05, 0.1) is 12.7 Å². The molecule has 0 amide bonds. The molecular weight excluding hydrogens is 204 g/mol. The Hall–Kier alpha value is -1.23. The van der Waals surface area contributed by atoms with Crippen LogP contribution in [0.3, 0.4) is 0 Å². The van der Waals surface area contributed by atoms with Crippen molar-refractivity contribution < 1.29 is 19.1 Å². The van der Waals surface area contributed by atoms with E-state index in [0.29, 0.717) is 17.3 Å². The van der Waals surface area contributed by atoms with Gasteiger partial charge in [0.1, 0.15) is 6.61 Å². The number of carbonyl (C=O) groups is 2. The van der Waals surface area contributed by atoms with E-state index < -0.39 is 11.2 Å². The van der Waals surface area contributed by atoms with E-state index in [1.807, 2.05) is 0 Å². The number of methoxy groups -OCH3 is 1. The zero-order valence-electron chi connectivity index (χ0n) is 7.48. The van der Waals surface area contributed by atoms with Crippen LogP contribution in [0.25, 0.3) is 0 Å². The van der Waals surface area contributed by atoms with Gasteiger partial charge in [0, 0.05) is 0 Å². The molecule has 1 unspecified atom stereocenters. The molecule has 14 heavy (non-hydrogen) atoms. The minimum atomic E-state index is -0.784. The molecule has 74 valence electrons. The van der Waals surface area contributed by atoms with Gasteiger partial charge in [-0.3, -0.25) is 9.59 Å². The van der Waals surface area contributed by atoms with Gasteiger partial charge in [0.2, 0.25) is 0 Å². The van der Waals surface area contributed by atoms with Gasteiger partial charge in [-0.1, -0.05) is 11.8 Å². The standard InChI is InChI=1S/C9H8O4S/c1-12-8(11)7-6(10)5-3-2-4-13-9(5)14-7/h2-3,7H,4H2,1H3. The number of hydrogen-bond donors (Lipinski definition) is 0. The maximum absolute atomic E-state index is 11.6. The van der Waals surface area contributed by atoms with Crippen molar-refractivity contribution in [2.75, 3.05) is 13.7 Å². The fraction of sp³-hybridized carbons (Fsp3) is 0.333. The van der Waals surface area contributed by atoms with Crippen LogP contribution in [0.4, 0.5) is 0 Å². The van der Waals surface area contributed by atoms with Crippen LogP contribution in [-0.2, 0) is 19.1 Å². The Bertz CT molecular complexity index is 356. The molecule has 0 aromatic heterocycles. The van der Waals surface area contributed by atoms with E-state index in [4.69, 9.17) is 4.74 Å². The van der Waals surface area contributed by atoms with Crippen molar-refractivity contribution in [2.45, 2.75) is 5.25 Å². The first-order valence-corrected chi connectivity index (χ1v) is 4.94. The van der Waals surface area contributed by atoms with E-state index in [1.54, 1.807) is 12.2 Å². The van der Waals surface area contributed by atoms with Crippen LogP contribution in [-0.4, -0.2) is 30.7 Å². The normalized spacial score (nSPS) is 24.6. The molecule has 0 saturated carbocycles. The summed E-state index contributed by atoms with van der Waals surface area (Å²) in [5, 5.41) is -0.249. The Labute approximate surface area is 84.9 Å². The SMILES string of the molecule is COC(=O)C1SC2=C(C=CCO2)C1=O. The molecule has 0 radical (unpaired) electrons. The van der Waals surface area contributed by atoms with Gasteiger partial charge in [0.25, 0.3) is 0 Å². The van der Waals surface area contributed by atoms with Crippen LogP contribution in [0, 0.1) is 0 Å². The monoisotopic (exact) mass is 212 g/mol. The van der Waals surface area contributed by atoms with Crippen LogP contribution >= 0.6 is 11.8 Å². The van der Waals surface area contributed by atoms with Crippen molar-refractivity contribution in [1.29, 1.82) is 0 Å². The van der Waals surface area contributed by atoms with Crippen molar-refractivity contribution in [1.82, 2.24) is 0 Å². The fourth-order valence-corrected chi connectivity index (χ4v) is 2.35. The summed E-state index contributed by atoms with van der Waals surface area (Å²) in [4.78, 5) is 22.8. The van der Waals surface area contributed by atoms with Crippen molar-refractivity contribution in [3.63, 3.8) is 0 Å². The highest BCUT2D eigenvalue weighted by atomic mass is 32.2. The first-order valence-electron chi connectivity index (χ1n) is 4.06. The second-order valence-electron chi connectivity index (χ2n) is 2.80. The van der Waals surface area contributed by atoms with E-state index in [0.717, 1.165) is 11.8 Å². The highest BCUT2D eigenvalue weighted by Gasteiger charge is 2.40. The summed E-state index contributed by atoms with van der Waals surface area (Å²) < 4.78 is 9.75. The van der Waals surface area contributed by atoms with Gasteiger partial charge >= 0.3 is 5.97 Å². The number of hydrogen-bond acceptors (Lipinski definition) is 5. The molecule has 0 saturated heterocycles. The van der Waals surface area contributed by atoms with Crippen LogP contribution in [0.15, 0.2) is 22.8 Å². The van der Waals surface area contributed by atoms with Gasteiger partial charge < -0.3 is 9.47 Å². The molecule has 0 bridgehead atoms. The van der Waals surface area contributed by atoms with Gasteiger partial charge in [-0.2, -0.15) is 0 Å². The zero-order chi connectivity index (χ0) is 10.1. The lowest BCUT2D eigenvalue weighted by Crippen LogP contribution is -2.25. The second kappa shape index (κ2) is 3.49. The molecule has 5 heteroatoms. The summed E-state index contributed by atoms with van der Waals surface area (Å²) in [6.07, 6.45) is 3.44. The Morgan fingerprint density at radius 1 is 1.71 bits per heavy atom. The molecule has 0 aromatic carbocycles. The number of rotatable bonds is 1. The van der Waals surface area contributed by atoms with Crippen LogP contribution in [0.1, 0.15) is 0 Å². The van der Waals surface area contributed by atoms with Gasteiger partial charge in [-0.15, -0.1) is 0 Å². The molecule has 2 rings (SSSR count). The molecule has 0 aliphatic carbocycles. The number of thioether (sulfide) groups is 1. The molecule has 0 spiro atoms. The Morgan fingerprint density at radius 3 is 3.14 bits per heavy atom. The first-order chi connectivity index (χ1) is 6.74. The van der Waals surface area contributed by atoms with Crippen molar-refractivity contribution in [2.24, 2.45) is 0 Å². The molecule has 2 aliphatic rings. The quantitative estimate of drug-likeness (QED) is 0.471. The zero-order valence-corrected chi connectivity index (χ0v) is 8.30. The summed E-state index contributed by atoms with van der Waals surface area (Å²) >= 11 is 1.12. The molecule has 4 nitrogen and oxygen atoms in total. The average Bonchev–Trinajstić information content (AvgIpc) is 2.56. The van der Waals surface area contributed by atoms with Crippen LogP contribution < -0.4 is 0 Å². The Balaban J connectivity index is 2.22. The van der Waals surface area contributed by atoms with Crippen molar-refractivity contribution >= 4 is 23.5 Å². The van der Waals surface area contributed by atoms with E-state index in [9.17, 15) is 9.59 Å². The predicted octanol–water partition coefficient (Wildman–Crippen LogP) is 0.642. The van der Waals surface area contributed by atoms with E-state index >= 15 is 0 Å². The number of ether oxygens (including phenoxy) is 2. The third-order valence-corrected chi connectivity index (χ3v) is 3.15.